The van der Waals surface area contributed by atoms with Crippen LogP contribution in [0.4, 0.5) is 0 Å². The summed E-state index contributed by atoms with van der Waals surface area (Å²) in [5, 5.41) is 2.03. The van der Waals surface area contributed by atoms with Crippen molar-refractivity contribution in [2.45, 2.75) is 31.7 Å². The Balaban J connectivity index is 0.000000287. The van der Waals surface area contributed by atoms with E-state index < -0.39 is 66.0 Å². The van der Waals surface area contributed by atoms with Crippen LogP contribution in [0.5, 0.6) is 0 Å². The van der Waals surface area contributed by atoms with Crippen molar-refractivity contribution >= 4 is 33.0 Å². The van der Waals surface area contributed by atoms with Gasteiger partial charge in [-0.05, 0) is 51.6 Å². The average molecular weight is 1120 g/mol. The Hall–Kier alpha value is -8.42. The summed E-state index contributed by atoms with van der Waals surface area (Å²) in [5.41, 5.74) is 7.46. The number of benzene rings is 9. The molecule has 9 aromatic carbocycles. The van der Waals surface area contributed by atoms with E-state index in [1.807, 2.05) is 150 Å². The predicted molar refractivity (Wildman–Crippen MR) is 290 cm³/mol. The van der Waals surface area contributed by atoms with Crippen molar-refractivity contribution in [3.63, 3.8) is 0 Å². The molecule has 350 valence electrons. The number of aromatic nitrogens is 4. The van der Waals surface area contributed by atoms with Gasteiger partial charge < -0.3 is 9.13 Å². The van der Waals surface area contributed by atoms with Crippen LogP contribution < -0.4 is 4.57 Å². The van der Waals surface area contributed by atoms with Crippen LogP contribution in [0.25, 0.3) is 77.1 Å². The fraction of sp³-hybridized carbons (Fsp3) is 0.0758. The smallest absolute Gasteiger partial charge is 0.307 e. The predicted octanol–water partition coefficient (Wildman–Crippen LogP) is 15.5. The van der Waals surface area contributed by atoms with Crippen molar-refractivity contribution in [3.8, 4) is 39.3 Å². The monoisotopic (exact) mass is 1120 g/mol. The van der Waals surface area contributed by atoms with Crippen molar-refractivity contribution < 1.29 is 39.3 Å². The molecular formula is C66H50N5Pt-. The van der Waals surface area contributed by atoms with E-state index in [4.69, 9.17) is 25.3 Å². The molecule has 3 aromatic heterocycles. The van der Waals surface area contributed by atoms with Crippen molar-refractivity contribution in [1.29, 1.82) is 0 Å². The van der Waals surface area contributed by atoms with Crippen LogP contribution in [0.1, 0.15) is 56.7 Å². The normalized spacial score (nSPS) is 13.4. The summed E-state index contributed by atoms with van der Waals surface area (Å²) in [4.78, 5) is 8.89. The van der Waals surface area contributed by atoms with Crippen LogP contribution in [0.3, 0.4) is 0 Å². The molecular weight excluding hydrogens is 1060 g/mol. The molecule has 0 amide bonds. The molecule has 0 aliphatic carbocycles. The second-order valence-corrected chi connectivity index (χ2v) is 18.0. The van der Waals surface area contributed by atoms with E-state index in [2.05, 4.69) is 60.8 Å². The fourth-order valence-corrected chi connectivity index (χ4v) is 9.35. The second kappa shape index (κ2) is 20.1. The molecule has 0 saturated carbocycles. The Morgan fingerprint density at radius 3 is 1.60 bits per heavy atom. The quantitative estimate of drug-likeness (QED) is 0.0847. The molecule has 0 spiro atoms. The van der Waals surface area contributed by atoms with E-state index in [0.717, 1.165) is 49.9 Å². The summed E-state index contributed by atoms with van der Waals surface area (Å²) >= 11 is 0. The minimum absolute atomic E-state index is 0. The molecule has 0 fully saturated rings. The number of nitrogens with zero attached hydrogens (tertiary/aromatic N) is 5. The number of hydrogen-bond donors (Lipinski definition) is 0. The van der Waals surface area contributed by atoms with Gasteiger partial charge in [-0.2, -0.15) is 17.7 Å². The van der Waals surface area contributed by atoms with Crippen LogP contribution in [0, 0.1) is 19.0 Å². The number of para-hydroxylation sites is 4. The van der Waals surface area contributed by atoms with Crippen molar-refractivity contribution in [3.05, 3.63) is 295 Å². The summed E-state index contributed by atoms with van der Waals surface area (Å²) in [6, 6.07) is 57.0. The molecule has 0 atom stereocenters. The minimum Gasteiger partial charge on any atom is -0.319 e. The zero-order valence-electron chi connectivity index (χ0n) is 49.5. The maximum absolute atomic E-state index is 9.01. The van der Waals surface area contributed by atoms with Crippen LogP contribution in [0.2, 0.25) is 0 Å². The molecule has 0 N–H and O–H groups in total. The van der Waals surface area contributed by atoms with Gasteiger partial charge >= 0.3 is 5.54 Å². The van der Waals surface area contributed by atoms with Crippen molar-refractivity contribution in [2.24, 2.45) is 0 Å². The van der Waals surface area contributed by atoms with E-state index in [0.29, 0.717) is 16.7 Å². The Morgan fingerprint density at radius 2 is 1.04 bits per heavy atom. The fourth-order valence-electron chi connectivity index (χ4n) is 9.35. The molecule has 5 nitrogen and oxygen atoms in total. The first kappa shape index (κ1) is 36.5. The first-order chi connectivity index (χ1) is 39.0. The average Bonchev–Trinajstić information content (AvgIpc) is 4.09. The maximum Gasteiger partial charge on any atom is 0.307 e. The molecule has 0 aliphatic heterocycles. The summed E-state index contributed by atoms with van der Waals surface area (Å²) in [6.07, 6.45) is 5.26. The van der Waals surface area contributed by atoms with E-state index >= 15 is 0 Å². The Morgan fingerprint density at radius 1 is 0.542 bits per heavy atom. The van der Waals surface area contributed by atoms with E-state index in [1.54, 1.807) is 29.0 Å². The third-order valence-corrected chi connectivity index (χ3v) is 12.7. The van der Waals surface area contributed by atoms with Crippen LogP contribution in [0.15, 0.2) is 249 Å². The Kier molecular flexibility index (Phi) is 10.2. The van der Waals surface area contributed by atoms with Gasteiger partial charge in [0.2, 0.25) is 0 Å². The van der Waals surface area contributed by atoms with Gasteiger partial charge in [0.1, 0.15) is 5.65 Å². The van der Waals surface area contributed by atoms with Gasteiger partial charge in [0.15, 0.2) is 0 Å². The summed E-state index contributed by atoms with van der Waals surface area (Å²) in [6.45, 7) is 14.3. The van der Waals surface area contributed by atoms with E-state index in [9.17, 15) is 0 Å². The van der Waals surface area contributed by atoms with Crippen LogP contribution in [-0.4, -0.2) is 14.1 Å². The molecule has 0 unspecified atom stereocenters. The van der Waals surface area contributed by atoms with Gasteiger partial charge in [-0.3, -0.25) is 9.41 Å². The Labute approximate surface area is 450 Å². The first-order valence-electron chi connectivity index (χ1n) is 28.2. The molecule has 0 aliphatic rings. The topological polar surface area (TPSA) is 31.0 Å². The van der Waals surface area contributed by atoms with Crippen molar-refractivity contribution in [1.82, 2.24) is 14.1 Å². The summed E-state index contributed by atoms with van der Waals surface area (Å²) < 4.78 is 92.5. The number of pyridine rings is 1. The summed E-state index contributed by atoms with van der Waals surface area (Å²) in [5.74, 6) is 0. The second-order valence-electron chi connectivity index (χ2n) is 18.0. The third kappa shape index (κ3) is 8.66. The van der Waals surface area contributed by atoms with E-state index in [-0.39, 0.29) is 54.4 Å². The van der Waals surface area contributed by atoms with Gasteiger partial charge in [0.05, 0.1) is 35.9 Å². The molecule has 72 heavy (non-hydrogen) atoms. The summed E-state index contributed by atoms with van der Waals surface area (Å²) in [7, 11) is 0. The first-order valence-corrected chi connectivity index (χ1v) is 23.2. The standard InChI is InChI=1S/C46H35N4.C20H15N.Pt/c1-46(2,3)34-28-35(30-36(29-34)50-41-24-11-10-20-39(41)40-23-15-27-47-45(40)50)48-31-49(43-26-13-12-25-42(43)48)44-37(32-16-6-4-7-17-32)21-14-22-38(44)33-18-8-5-9-19-33;1-21-20(17-11-5-2-6-12-17,18-13-7-3-8-14-18)19-15-9-4-10-16-19;/h4-29H,1-3H3;2-16H;/q-1;;/i4D,5D,6D,7D,8D,9D,16D,17D,18D,19D;;. The number of hydrogen-bond acceptors (Lipinski definition) is 1. The zero-order chi connectivity index (χ0) is 57.1. The molecule has 12 rings (SSSR count). The zero-order valence-corrected chi connectivity index (χ0v) is 41.7. The van der Waals surface area contributed by atoms with Crippen molar-refractivity contribution in [2.75, 3.05) is 0 Å². The molecule has 3 heterocycles. The van der Waals surface area contributed by atoms with Crippen LogP contribution in [-0.2, 0) is 32.0 Å². The number of imidazole rings is 1. The minimum atomic E-state index is -0.788. The molecule has 0 radical (unpaired) electrons. The SMILES string of the molecule is [2H]c1c([2H])c([2H])c(-c2cccc(-c3c([2H])c([2H])c([2H])c([2H])c3[2H])c2-[n+]2[c-]n(-c3[c-]c(-n4c5ccccc5c5cccnc54)cc(C(C)(C)C)c3)c3ccccc32)c([2H])c1[2H].[C-]#[N+]C(c1ccccc1)(c1ccccc1)c1ccccc1.[Pt]. The maximum atomic E-state index is 9.01. The van der Waals surface area contributed by atoms with Gasteiger partial charge in [-0.1, -0.05) is 239 Å². The Bertz CT molecular complexity index is 4180. The molecule has 0 saturated heterocycles. The van der Waals surface area contributed by atoms with Gasteiger partial charge in [0.25, 0.3) is 6.33 Å². The molecule has 0 bridgehead atoms. The largest absolute Gasteiger partial charge is 0.319 e. The number of rotatable bonds is 8. The van der Waals surface area contributed by atoms with E-state index in [1.165, 1.54) is 0 Å². The molecule has 12 aromatic rings. The van der Waals surface area contributed by atoms with Gasteiger partial charge in [0, 0.05) is 54.7 Å². The third-order valence-electron chi connectivity index (χ3n) is 12.7. The van der Waals surface area contributed by atoms with Gasteiger partial charge in [-0.15, -0.1) is 6.07 Å². The number of fused-ring (bicyclic) bond motifs is 4. The van der Waals surface area contributed by atoms with Crippen LogP contribution >= 0.6 is 0 Å². The van der Waals surface area contributed by atoms with Gasteiger partial charge in [-0.25, -0.2) is 11.6 Å². The molecule has 6 heteroatoms.